The number of hydrogen-bond acceptors (Lipinski definition) is 3. The maximum absolute atomic E-state index is 12.6. The van der Waals surface area contributed by atoms with Crippen LogP contribution >= 0.6 is 24.0 Å². The van der Waals surface area contributed by atoms with Crippen LogP contribution in [0.25, 0.3) is 0 Å². The minimum Gasteiger partial charge on any atom is -0.497 e. The number of aryl methyl sites for hydroxylation is 1. The number of rotatable bonds is 7. The highest BCUT2D eigenvalue weighted by Gasteiger charge is 2.12. The molecule has 0 aliphatic heterocycles. The molecule has 0 fully saturated rings. The lowest BCUT2D eigenvalue weighted by molar-refractivity contribution is -0.0505. The molecule has 2 aromatic rings. The van der Waals surface area contributed by atoms with E-state index in [2.05, 4.69) is 26.4 Å². The predicted molar refractivity (Wildman–Crippen MR) is 113 cm³/mol. The zero-order chi connectivity index (χ0) is 18.9. The van der Waals surface area contributed by atoms with Crippen molar-refractivity contribution in [3.63, 3.8) is 0 Å². The Labute approximate surface area is 175 Å². The molecule has 0 spiro atoms. The summed E-state index contributed by atoms with van der Waals surface area (Å²) in [5.74, 6) is 1.08. The summed E-state index contributed by atoms with van der Waals surface area (Å²) < 4.78 is 34.9. The third-order valence-electron chi connectivity index (χ3n) is 3.70. The molecule has 8 heteroatoms. The second-order valence-corrected chi connectivity index (χ2v) is 5.62. The zero-order valence-electron chi connectivity index (χ0n) is 15.5. The van der Waals surface area contributed by atoms with Gasteiger partial charge < -0.3 is 20.1 Å². The van der Waals surface area contributed by atoms with Gasteiger partial charge in [-0.1, -0.05) is 29.8 Å². The SMILES string of the molecule is CN=C(NCc1cccc(C)c1)NCc1ccc(OC)cc1OC(F)F.I. The Morgan fingerprint density at radius 2 is 1.85 bits per heavy atom. The molecule has 5 nitrogen and oxygen atoms in total. The highest BCUT2D eigenvalue weighted by molar-refractivity contribution is 14.0. The van der Waals surface area contributed by atoms with Gasteiger partial charge in [-0.15, -0.1) is 24.0 Å². The number of ether oxygens (including phenoxy) is 2. The molecule has 0 aliphatic rings. The number of nitrogens with zero attached hydrogens (tertiary/aromatic N) is 1. The molecular formula is C19H24F2IN3O2. The van der Waals surface area contributed by atoms with Gasteiger partial charge in [-0.05, 0) is 24.6 Å². The Balaban J connectivity index is 0.00000364. The van der Waals surface area contributed by atoms with Gasteiger partial charge in [0, 0.05) is 31.8 Å². The number of guanidine groups is 1. The fourth-order valence-corrected chi connectivity index (χ4v) is 2.42. The van der Waals surface area contributed by atoms with E-state index in [-0.39, 0.29) is 36.3 Å². The van der Waals surface area contributed by atoms with Gasteiger partial charge in [0.1, 0.15) is 11.5 Å². The largest absolute Gasteiger partial charge is 0.497 e. The van der Waals surface area contributed by atoms with E-state index >= 15 is 0 Å². The molecule has 0 saturated heterocycles. The van der Waals surface area contributed by atoms with E-state index in [1.165, 1.54) is 18.7 Å². The summed E-state index contributed by atoms with van der Waals surface area (Å²) in [4.78, 5) is 4.15. The van der Waals surface area contributed by atoms with Crippen LogP contribution in [-0.2, 0) is 13.1 Å². The molecule has 2 N–H and O–H groups in total. The molecule has 0 radical (unpaired) electrons. The van der Waals surface area contributed by atoms with Crippen molar-refractivity contribution in [2.45, 2.75) is 26.6 Å². The van der Waals surface area contributed by atoms with E-state index in [1.54, 1.807) is 19.2 Å². The van der Waals surface area contributed by atoms with Crippen LogP contribution in [0.15, 0.2) is 47.5 Å². The van der Waals surface area contributed by atoms with Gasteiger partial charge in [-0.2, -0.15) is 8.78 Å². The number of alkyl halides is 2. The van der Waals surface area contributed by atoms with Gasteiger partial charge in [0.15, 0.2) is 5.96 Å². The highest BCUT2D eigenvalue weighted by Crippen LogP contribution is 2.26. The lowest BCUT2D eigenvalue weighted by Gasteiger charge is -2.15. The molecule has 2 aromatic carbocycles. The number of methoxy groups -OCH3 is 1. The van der Waals surface area contributed by atoms with Crippen LogP contribution in [0.1, 0.15) is 16.7 Å². The zero-order valence-corrected chi connectivity index (χ0v) is 17.8. The Morgan fingerprint density at radius 3 is 2.48 bits per heavy atom. The summed E-state index contributed by atoms with van der Waals surface area (Å²) >= 11 is 0. The van der Waals surface area contributed by atoms with Crippen LogP contribution in [0.4, 0.5) is 8.78 Å². The summed E-state index contributed by atoms with van der Waals surface area (Å²) in [7, 11) is 3.12. The molecule has 0 unspecified atom stereocenters. The highest BCUT2D eigenvalue weighted by atomic mass is 127. The van der Waals surface area contributed by atoms with Gasteiger partial charge in [-0.25, -0.2) is 0 Å². The first-order valence-corrected chi connectivity index (χ1v) is 8.13. The van der Waals surface area contributed by atoms with Crippen molar-refractivity contribution < 1.29 is 18.3 Å². The molecule has 0 aromatic heterocycles. The van der Waals surface area contributed by atoms with Crippen LogP contribution in [0.2, 0.25) is 0 Å². The molecule has 0 amide bonds. The number of nitrogens with one attached hydrogen (secondary N) is 2. The number of halogens is 3. The normalized spacial score (nSPS) is 11.0. The summed E-state index contributed by atoms with van der Waals surface area (Å²) in [6, 6.07) is 12.9. The molecule has 148 valence electrons. The third-order valence-corrected chi connectivity index (χ3v) is 3.70. The van der Waals surface area contributed by atoms with E-state index in [9.17, 15) is 8.78 Å². The standard InChI is InChI=1S/C19H23F2N3O2.HI/c1-13-5-4-6-14(9-13)11-23-19(22-2)24-12-15-7-8-16(25-3)10-17(15)26-18(20)21;/h4-10,18H,11-12H2,1-3H3,(H2,22,23,24);1H. The fraction of sp³-hybridized carbons (Fsp3) is 0.316. The predicted octanol–water partition coefficient (Wildman–Crippen LogP) is 4.09. The minimum absolute atomic E-state index is 0. The van der Waals surface area contributed by atoms with Gasteiger partial charge in [0.05, 0.1) is 7.11 Å². The molecule has 0 saturated carbocycles. The number of aliphatic imine (C=N–C) groups is 1. The lowest BCUT2D eigenvalue weighted by Crippen LogP contribution is -2.36. The molecule has 27 heavy (non-hydrogen) atoms. The third kappa shape index (κ3) is 7.58. The van der Waals surface area contributed by atoms with Crippen LogP contribution < -0.4 is 20.1 Å². The Bertz CT molecular complexity index is 757. The monoisotopic (exact) mass is 491 g/mol. The number of hydrogen-bond donors (Lipinski definition) is 2. The smallest absolute Gasteiger partial charge is 0.387 e. The first-order valence-electron chi connectivity index (χ1n) is 8.13. The first kappa shape index (κ1) is 22.9. The molecule has 0 atom stereocenters. The molecule has 0 aliphatic carbocycles. The average molecular weight is 491 g/mol. The van der Waals surface area contributed by atoms with E-state index < -0.39 is 6.61 Å². The van der Waals surface area contributed by atoms with E-state index in [0.29, 0.717) is 23.8 Å². The van der Waals surface area contributed by atoms with Crippen molar-refractivity contribution in [3.05, 3.63) is 59.2 Å². The Hall–Kier alpha value is -2.10. The Morgan fingerprint density at radius 1 is 1.11 bits per heavy atom. The average Bonchev–Trinajstić information content (AvgIpc) is 2.62. The van der Waals surface area contributed by atoms with Crippen LogP contribution in [0, 0.1) is 6.92 Å². The van der Waals surface area contributed by atoms with Crippen molar-refractivity contribution in [2.75, 3.05) is 14.2 Å². The second kappa shape index (κ2) is 11.6. The number of benzene rings is 2. The van der Waals surface area contributed by atoms with Crippen molar-refractivity contribution in [2.24, 2.45) is 4.99 Å². The van der Waals surface area contributed by atoms with Gasteiger partial charge in [0.2, 0.25) is 0 Å². The minimum atomic E-state index is -2.90. The fourth-order valence-electron chi connectivity index (χ4n) is 2.42. The second-order valence-electron chi connectivity index (χ2n) is 5.62. The summed E-state index contributed by atoms with van der Waals surface area (Å²) in [6.45, 7) is 0.00826. The molecule has 0 heterocycles. The summed E-state index contributed by atoms with van der Waals surface area (Å²) in [5.41, 5.74) is 2.88. The van der Waals surface area contributed by atoms with Gasteiger partial charge in [-0.3, -0.25) is 4.99 Å². The van der Waals surface area contributed by atoms with Crippen molar-refractivity contribution >= 4 is 29.9 Å². The van der Waals surface area contributed by atoms with Crippen molar-refractivity contribution in [3.8, 4) is 11.5 Å². The van der Waals surface area contributed by atoms with Gasteiger partial charge in [0.25, 0.3) is 0 Å². The van der Waals surface area contributed by atoms with Crippen LogP contribution in [-0.4, -0.2) is 26.7 Å². The quantitative estimate of drug-likeness (QED) is 0.348. The van der Waals surface area contributed by atoms with Gasteiger partial charge >= 0.3 is 6.61 Å². The van der Waals surface area contributed by atoms with Crippen LogP contribution in [0.3, 0.4) is 0 Å². The first-order chi connectivity index (χ1) is 12.5. The van der Waals surface area contributed by atoms with Crippen LogP contribution in [0.5, 0.6) is 11.5 Å². The topological polar surface area (TPSA) is 54.9 Å². The summed E-state index contributed by atoms with van der Waals surface area (Å²) in [6.07, 6.45) is 0. The molecule has 2 rings (SSSR count). The van der Waals surface area contributed by atoms with Crippen molar-refractivity contribution in [1.29, 1.82) is 0 Å². The molecule has 0 bridgehead atoms. The maximum Gasteiger partial charge on any atom is 0.387 e. The van der Waals surface area contributed by atoms with E-state index in [4.69, 9.17) is 4.74 Å². The lowest BCUT2D eigenvalue weighted by atomic mass is 10.1. The summed E-state index contributed by atoms with van der Waals surface area (Å²) in [5, 5.41) is 6.29. The maximum atomic E-state index is 12.6. The van der Waals surface area contributed by atoms with E-state index in [1.807, 2.05) is 25.1 Å². The van der Waals surface area contributed by atoms with Crippen molar-refractivity contribution in [1.82, 2.24) is 10.6 Å². The molecular weight excluding hydrogens is 467 g/mol. The Kier molecular flexibility index (Phi) is 9.84. The van der Waals surface area contributed by atoms with E-state index in [0.717, 1.165) is 5.56 Å².